The Hall–Kier alpha value is -2.34. The van der Waals surface area contributed by atoms with E-state index in [1.165, 1.54) is 25.1 Å². The van der Waals surface area contributed by atoms with Gasteiger partial charge in [0.1, 0.15) is 22.8 Å². The Labute approximate surface area is 128 Å². The lowest BCUT2D eigenvalue weighted by molar-refractivity contribution is 0.104. The largest absolute Gasteiger partial charge is 0.507 e. The minimum Gasteiger partial charge on any atom is -0.507 e. The first kappa shape index (κ1) is 15.1. The van der Waals surface area contributed by atoms with Crippen molar-refractivity contribution in [3.05, 3.63) is 62.1 Å². The third kappa shape index (κ3) is 3.41. The molecule has 0 atom stereocenters. The van der Waals surface area contributed by atoms with E-state index in [-0.39, 0.29) is 11.5 Å². The van der Waals surface area contributed by atoms with Gasteiger partial charge in [-0.1, -0.05) is 15.9 Å². The van der Waals surface area contributed by atoms with Crippen molar-refractivity contribution >= 4 is 27.8 Å². The molecule has 21 heavy (non-hydrogen) atoms. The molecular weight excluding hydrogens is 340 g/mol. The monoisotopic (exact) mass is 350 g/mol. The van der Waals surface area contributed by atoms with Gasteiger partial charge in [0, 0.05) is 16.1 Å². The first-order chi connectivity index (χ1) is 9.88. The van der Waals surface area contributed by atoms with Crippen molar-refractivity contribution in [1.29, 1.82) is 0 Å². The summed E-state index contributed by atoms with van der Waals surface area (Å²) in [6.45, 7) is 1.49. The van der Waals surface area contributed by atoms with E-state index in [1.807, 2.05) is 0 Å². The Kier molecular flexibility index (Phi) is 4.28. The summed E-state index contributed by atoms with van der Waals surface area (Å²) in [5.41, 5.74) is -0.944. The second-order valence-corrected chi connectivity index (χ2v) is 5.22. The molecule has 0 spiro atoms. The summed E-state index contributed by atoms with van der Waals surface area (Å²) < 4.78 is 5.50. The van der Waals surface area contributed by atoms with Gasteiger partial charge in [0.2, 0.25) is 0 Å². The van der Waals surface area contributed by atoms with Gasteiger partial charge >= 0.3 is 5.63 Å². The zero-order valence-electron chi connectivity index (χ0n) is 11.0. The van der Waals surface area contributed by atoms with Gasteiger partial charge in [-0.25, -0.2) is 4.79 Å². The fourth-order valence-electron chi connectivity index (χ4n) is 1.73. The first-order valence-electron chi connectivity index (χ1n) is 5.93. The third-order valence-electron chi connectivity index (χ3n) is 2.70. The molecule has 108 valence electrons. The highest BCUT2D eigenvalue weighted by Gasteiger charge is 2.16. The molecule has 0 bridgehead atoms. The standard InChI is InChI=1S/C15H11BrO5/c1-8-6-13(19)14(15(20)21-8)12(18)4-2-9-7-10(16)3-5-11(9)17/h2-7,17,19H,1H3. The van der Waals surface area contributed by atoms with E-state index in [1.54, 1.807) is 12.1 Å². The van der Waals surface area contributed by atoms with Crippen LogP contribution in [0.5, 0.6) is 11.5 Å². The minimum absolute atomic E-state index is 0.0117. The molecule has 2 aromatic rings. The van der Waals surface area contributed by atoms with Crippen molar-refractivity contribution in [1.82, 2.24) is 0 Å². The normalized spacial score (nSPS) is 11.0. The van der Waals surface area contributed by atoms with Crippen LogP contribution in [0.4, 0.5) is 0 Å². The van der Waals surface area contributed by atoms with E-state index in [0.29, 0.717) is 5.56 Å². The number of carbonyl (C=O) groups is 1. The molecule has 0 aliphatic rings. The van der Waals surface area contributed by atoms with Crippen molar-refractivity contribution < 1.29 is 19.4 Å². The summed E-state index contributed by atoms with van der Waals surface area (Å²) in [7, 11) is 0. The average Bonchev–Trinajstić information content (AvgIpc) is 2.38. The molecule has 5 nitrogen and oxygen atoms in total. The predicted octanol–water partition coefficient (Wildman–Crippen LogP) is 3.02. The number of hydrogen-bond acceptors (Lipinski definition) is 5. The number of allylic oxidation sites excluding steroid dienone is 1. The number of aryl methyl sites for hydroxylation is 1. The van der Waals surface area contributed by atoms with Crippen LogP contribution in [0, 0.1) is 6.92 Å². The Morgan fingerprint density at radius 3 is 2.62 bits per heavy atom. The van der Waals surface area contributed by atoms with Crippen molar-refractivity contribution in [3.8, 4) is 11.5 Å². The number of phenolic OH excluding ortho intramolecular Hbond substituents is 1. The second-order valence-electron chi connectivity index (χ2n) is 4.31. The van der Waals surface area contributed by atoms with Crippen LogP contribution in [-0.4, -0.2) is 16.0 Å². The van der Waals surface area contributed by atoms with Crippen LogP contribution < -0.4 is 5.63 Å². The summed E-state index contributed by atoms with van der Waals surface area (Å²) >= 11 is 3.24. The summed E-state index contributed by atoms with van der Waals surface area (Å²) in [6, 6.07) is 5.91. The third-order valence-corrected chi connectivity index (χ3v) is 3.20. The number of halogens is 1. The van der Waals surface area contributed by atoms with Crippen LogP contribution >= 0.6 is 15.9 Å². The predicted molar refractivity (Wildman–Crippen MR) is 80.6 cm³/mol. The molecule has 0 saturated carbocycles. The molecule has 1 aromatic carbocycles. The van der Waals surface area contributed by atoms with Crippen LogP contribution in [0.25, 0.3) is 6.08 Å². The maximum Gasteiger partial charge on any atom is 0.351 e. The summed E-state index contributed by atoms with van der Waals surface area (Å²) in [5, 5.41) is 19.3. The number of rotatable bonds is 3. The van der Waals surface area contributed by atoms with Gasteiger partial charge in [-0.3, -0.25) is 4.79 Å². The Morgan fingerprint density at radius 1 is 1.24 bits per heavy atom. The van der Waals surface area contributed by atoms with E-state index in [0.717, 1.165) is 10.5 Å². The number of carbonyl (C=O) groups excluding carboxylic acids is 1. The van der Waals surface area contributed by atoms with Gasteiger partial charge in [0.15, 0.2) is 5.78 Å². The molecule has 0 fully saturated rings. The highest BCUT2D eigenvalue weighted by atomic mass is 79.9. The molecule has 0 radical (unpaired) electrons. The smallest absolute Gasteiger partial charge is 0.351 e. The van der Waals surface area contributed by atoms with Crippen molar-refractivity contribution in [2.75, 3.05) is 0 Å². The van der Waals surface area contributed by atoms with Gasteiger partial charge in [0.05, 0.1) is 0 Å². The topological polar surface area (TPSA) is 87.7 Å². The van der Waals surface area contributed by atoms with Crippen LogP contribution in [0.3, 0.4) is 0 Å². The van der Waals surface area contributed by atoms with Crippen LogP contribution in [0.15, 0.2) is 44.0 Å². The molecule has 0 saturated heterocycles. The van der Waals surface area contributed by atoms with Gasteiger partial charge in [-0.05, 0) is 37.3 Å². The lowest BCUT2D eigenvalue weighted by Gasteiger charge is -2.01. The summed E-state index contributed by atoms with van der Waals surface area (Å²) in [4.78, 5) is 23.6. The lowest BCUT2D eigenvalue weighted by Crippen LogP contribution is -2.12. The highest BCUT2D eigenvalue weighted by Crippen LogP contribution is 2.23. The summed E-state index contributed by atoms with van der Waals surface area (Å²) in [6.07, 6.45) is 2.43. The Balaban J connectivity index is 2.36. The van der Waals surface area contributed by atoms with E-state index >= 15 is 0 Å². The molecule has 1 aromatic heterocycles. The highest BCUT2D eigenvalue weighted by molar-refractivity contribution is 9.10. The van der Waals surface area contributed by atoms with Crippen molar-refractivity contribution in [2.45, 2.75) is 6.92 Å². The second kappa shape index (κ2) is 5.97. The zero-order chi connectivity index (χ0) is 15.6. The number of ketones is 1. The Bertz CT molecular complexity index is 789. The fraction of sp³-hybridized carbons (Fsp3) is 0.0667. The van der Waals surface area contributed by atoms with Crippen LogP contribution in [-0.2, 0) is 0 Å². The van der Waals surface area contributed by atoms with Crippen LogP contribution in [0.2, 0.25) is 0 Å². The number of aromatic hydroxyl groups is 2. The van der Waals surface area contributed by atoms with Crippen molar-refractivity contribution in [3.63, 3.8) is 0 Å². The quantitative estimate of drug-likeness (QED) is 0.656. The van der Waals surface area contributed by atoms with Gasteiger partial charge in [-0.15, -0.1) is 0 Å². The molecule has 0 aliphatic heterocycles. The average molecular weight is 351 g/mol. The number of hydrogen-bond donors (Lipinski definition) is 2. The zero-order valence-corrected chi connectivity index (χ0v) is 12.5. The SMILES string of the molecule is Cc1cc(O)c(C(=O)C=Cc2cc(Br)ccc2O)c(=O)o1. The first-order valence-corrected chi connectivity index (χ1v) is 6.72. The summed E-state index contributed by atoms with van der Waals surface area (Å²) in [5.74, 6) is -0.942. The molecule has 0 aliphatic carbocycles. The van der Waals surface area contributed by atoms with E-state index in [9.17, 15) is 19.8 Å². The van der Waals surface area contributed by atoms with E-state index < -0.39 is 22.7 Å². The van der Waals surface area contributed by atoms with Crippen molar-refractivity contribution in [2.24, 2.45) is 0 Å². The maximum atomic E-state index is 12.0. The number of phenols is 1. The molecule has 1 heterocycles. The minimum atomic E-state index is -0.902. The van der Waals surface area contributed by atoms with E-state index in [4.69, 9.17) is 4.42 Å². The molecular formula is C15H11BrO5. The molecule has 2 rings (SSSR count). The number of benzene rings is 1. The van der Waals surface area contributed by atoms with Gasteiger partial charge in [-0.2, -0.15) is 0 Å². The van der Waals surface area contributed by atoms with Gasteiger partial charge in [0.25, 0.3) is 0 Å². The van der Waals surface area contributed by atoms with E-state index in [2.05, 4.69) is 15.9 Å². The lowest BCUT2D eigenvalue weighted by atomic mass is 10.1. The molecule has 6 heteroatoms. The molecule has 0 unspecified atom stereocenters. The maximum absolute atomic E-state index is 12.0. The van der Waals surface area contributed by atoms with Gasteiger partial charge < -0.3 is 14.6 Å². The van der Waals surface area contributed by atoms with Crippen LogP contribution in [0.1, 0.15) is 21.7 Å². The molecule has 2 N–H and O–H groups in total. The fourth-order valence-corrected chi connectivity index (χ4v) is 2.11. The molecule has 0 amide bonds. The Morgan fingerprint density at radius 2 is 1.95 bits per heavy atom.